The Morgan fingerprint density at radius 3 is 2.22 bits per heavy atom. The molecule has 0 bridgehead atoms. The van der Waals surface area contributed by atoms with Crippen molar-refractivity contribution in [1.29, 1.82) is 0 Å². The van der Waals surface area contributed by atoms with Crippen LogP contribution in [0.15, 0.2) is 84.9 Å². The molecule has 4 N–H and O–H groups in total. The summed E-state index contributed by atoms with van der Waals surface area (Å²) in [4.78, 5) is 38.6. The van der Waals surface area contributed by atoms with Gasteiger partial charge in [-0.1, -0.05) is 78.9 Å². The van der Waals surface area contributed by atoms with Gasteiger partial charge in [0.25, 0.3) is 0 Å². The molecule has 3 amide bonds. The van der Waals surface area contributed by atoms with Gasteiger partial charge in [-0.25, -0.2) is 4.79 Å². The lowest BCUT2D eigenvalue weighted by Gasteiger charge is -2.37. The lowest BCUT2D eigenvalue weighted by molar-refractivity contribution is -0.123. The number of benzene rings is 3. The van der Waals surface area contributed by atoms with Gasteiger partial charge >= 0.3 is 6.03 Å². The molecule has 0 aromatic heterocycles. The Bertz CT molecular complexity index is 1140. The quantitative estimate of drug-likeness (QED) is 0.385. The number of carbonyl (C=O) groups is 3. The summed E-state index contributed by atoms with van der Waals surface area (Å²) in [6, 6.07) is 26.5. The van der Waals surface area contributed by atoms with Crippen LogP contribution in [0.25, 0.3) is 0 Å². The van der Waals surface area contributed by atoms with Crippen LogP contribution in [-0.2, 0) is 16.8 Å². The molecule has 36 heavy (non-hydrogen) atoms. The minimum Gasteiger partial charge on any atom is -0.369 e. The van der Waals surface area contributed by atoms with Gasteiger partial charge in [0, 0.05) is 31.7 Å². The number of nitrogens with one attached hydrogen (secondary N) is 2. The van der Waals surface area contributed by atoms with Gasteiger partial charge in [-0.2, -0.15) is 0 Å². The molecule has 7 heteroatoms. The van der Waals surface area contributed by atoms with Crippen molar-refractivity contribution in [2.45, 2.75) is 18.4 Å². The summed E-state index contributed by atoms with van der Waals surface area (Å²) in [7, 11) is 0. The minimum atomic E-state index is -0.919. The fraction of sp³-hybridized carbons (Fsp3) is 0.276. The van der Waals surface area contributed by atoms with Crippen molar-refractivity contribution in [3.63, 3.8) is 0 Å². The first-order valence-electron chi connectivity index (χ1n) is 12.2. The highest BCUT2D eigenvalue weighted by molar-refractivity contribution is 5.91. The summed E-state index contributed by atoms with van der Waals surface area (Å²) in [6.07, 6.45) is 1.61. The Morgan fingerprint density at radius 1 is 0.944 bits per heavy atom. The highest BCUT2D eigenvalue weighted by Gasteiger charge is 2.49. The van der Waals surface area contributed by atoms with E-state index in [-0.39, 0.29) is 17.9 Å². The van der Waals surface area contributed by atoms with Crippen LogP contribution in [0.1, 0.15) is 33.5 Å². The van der Waals surface area contributed by atoms with E-state index < -0.39 is 5.41 Å². The SMILES string of the molecule is NC(=O)C(c1ccccc1)(c1ccccc1)C1CCN(CCNC(=O)NCc2cccc(C=O)c2)C1. The van der Waals surface area contributed by atoms with Crippen LogP contribution in [-0.4, -0.2) is 49.3 Å². The molecule has 4 rings (SSSR count). The van der Waals surface area contributed by atoms with Gasteiger partial charge in [0.1, 0.15) is 11.7 Å². The highest BCUT2D eigenvalue weighted by atomic mass is 16.2. The van der Waals surface area contributed by atoms with E-state index in [9.17, 15) is 14.4 Å². The molecule has 0 aliphatic carbocycles. The Morgan fingerprint density at radius 2 is 1.61 bits per heavy atom. The molecule has 0 radical (unpaired) electrons. The monoisotopic (exact) mass is 484 g/mol. The average molecular weight is 485 g/mol. The van der Waals surface area contributed by atoms with Gasteiger partial charge in [0.05, 0.1) is 0 Å². The van der Waals surface area contributed by atoms with E-state index >= 15 is 0 Å². The van der Waals surface area contributed by atoms with Crippen molar-refractivity contribution in [2.24, 2.45) is 11.7 Å². The first-order chi connectivity index (χ1) is 17.5. The van der Waals surface area contributed by atoms with Crippen LogP contribution in [0.2, 0.25) is 0 Å². The lowest BCUT2D eigenvalue weighted by Crippen LogP contribution is -2.49. The summed E-state index contributed by atoms with van der Waals surface area (Å²) in [5, 5.41) is 5.72. The molecule has 1 heterocycles. The second-order valence-corrected chi connectivity index (χ2v) is 9.16. The zero-order valence-corrected chi connectivity index (χ0v) is 20.2. The number of hydrogen-bond acceptors (Lipinski definition) is 4. The number of hydrogen-bond donors (Lipinski definition) is 3. The normalized spacial score (nSPS) is 15.8. The zero-order valence-electron chi connectivity index (χ0n) is 20.2. The first-order valence-corrected chi connectivity index (χ1v) is 12.2. The van der Waals surface area contributed by atoms with Gasteiger partial charge in [0.15, 0.2) is 0 Å². The van der Waals surface area contributed by atoms with E-state index in [0.29, 0.717) is 31.7 Å². The molecule has 1 aliphatic heterocycles. The van der Waals surface area contributed by atoms with Crippen molar-refractivity contribution in [3.05, 3.63) is 107 Å². The molecule has 0 saturated carbocycles. The molecule has 3 aromatic rings. The number of carbonyl (C=O) groups excluding carboxylic acids is 3. The average Bonchev–Trinajstić information content (AvgIpc) is 3.38. The van der Waals surface area contributed by atoms with Crippen LogP contribution in [0.4, 0.5) is 4.79 Å². The number of urea groups is 1. The third kappa shape index (κ3) is 5.47. The van der Waals surface area contributed by atoms with E-state index in [2.05, 4.69) is 15.5 Å². The number of nitrogens with zero attached hydrogens (tertiary/aromatic N) is 1. The predicted molar refractivity (Wildman–Crippen MR) is 139 cm³/mol. The third-order valence-electron chi connectivity index (χ3n) is 6.99. The van der Waals surface area contributed by atoms with Gasteiger partial charge in [0.2, 0.25) is 5.91 Å². The van der Waals surface area contributed by atoms with Crippen LogP contribution < -0.4 is 16.4 Å². The van der Waals surface area contributed by atoms with Crippen LogP contribution in [0, 0.1) is 5.92 Å². The van der Waals surface area contributed by atoms with E-state index in [1.807, 2.05) is 66.7 Å². The van der Waals surface area contributed by atoms with Gasteiger partial charge in [-0.15, -0.1) is 0 Å². The van der Waals surface area contributed by atoms with Crippen molar-refractivity contribution >= 4 is 18.2 Å². The Balaban J connectivity index is 1.37. The molecule has 1 atom stereocenters. The summed E-state index contributed by atoms with van der Waals surface area (Å²) in [6.45, 7) is 3.01. The topological polar surface area (TPSA) is 105 Å². The summed E-state index contributed by atoms with van der Waals surface area (Å²) in [5.41, 5.74) is 8.50. The van der Waals surface area contributed by atoms with Gasteiger partial charge in [-0.3, -0.25) is 9.59 Å². The number of likely N-dealkylation sites (tertiary alicyclic amines) is 1. The van der Waals surface area contributed by atoms with Gasteiger partial charge in [-0.05, 0) is 41.6 Å². The van der Waals surface area contributed by atoms with Crippen molar-refractivity contribution in [2.75, 3.05) is 26.2 Å². The summed E-state index contributed by atoms with van der Waals surface area (Å²) >= 11 is 0. The maximum atomic E-state index is 13.2. The Hall–Kier alpha value is -3.97. The maximum absolute atomic E-state index is 13.2. The largest absolute Gasteiger partial charge is 0.369 e. The number of aldehydes is 1. The summed E-state index contributed by atoms with van der Waals surface area (Å²) < 4.78 is 0. The molecule has 0 spiro atoms. The first kappa shape index (κ1) is 25.1. The fourth-order valence-electron chi connectivity index (χ4n) is 5.26. The van der Waals surface area contributed by atoms with E-state index in [0.717, 1.165) is 35.9 Å². The maximum Gasteiger partial charge on any atom is 0.315 e. The third-order valence-corrected chi connectivity index (χ3v) is 6.99. The number of nitrogens with two attached hydrogens (primary N) is 1. The van der Waals surface area contributed by atoms with E-state index in [1.165, 1.54) is 0 Å². The number of amides is 3. The highest BCUT2D eigenvalue weighted by Crippen LogP contribution is 2.43. The van der Waals surface area contributed by atoms with Crippen LogP contribution in [0.3, 0.4) is 0 Å². The van der Waals surface area contributed by atoms with Crippen molar-refractivity contribution < 1.29 is 14.4 Å². The molecular formula is C29H32N4O3. The number of primary amides is 1. The van der Waals surface area contributed by atoms with E-state index in [1.54, 1.807) is 18.2 Å². The molecule has 7 nitrogen and oxygen atoms in total. The van der Waals surface area contributed by atoms with Crippen LogP contribution in [0.5, 0.6) is 0 Å². The zero-order chi connectivity index (χ0) is 25.4. The van der Waals surface area contributed by atoms with Crippen LogP contribution >= 0.6 is 0 Å². The molecule has 1 aliphatic rings. The summed E-state index contributed by atoms with van der Waals surface area (Å²) in [5.74, 6) is -0.332. The molecule has 186 valence electrons. The molecular weight excluding hydrogens is 452 g/mol. The fourth-order valence-corrected chi connectivity index (χ4v) is 5.26. The molecule has 1 saturated heterocycles. The lowest BCUT2D eigenvalue weighted by atomic mass is 9.64. The van der Waals surface area contributed by atoms with E-state index in [4.69, 9.17) is 5.73 Å². The molecule has 1 unspecified atom stereocenters. The predicted octanol–water partition coefficient (Wildman–Crippen LogP) is 3.09. The molecule has 3 aromatic carbocycles. The Kier molecular flexibility index (Phi) is 8.13. The second-order valence-electron chi connectivity index (χ2n) is 9.16. The Labute approximate surface area is 211 Å². The smallest absolute Gasteiger partial charge is 0.315 e. The minimum absolute atomic E-state index is 0.0127. The molecule has 1 fully saturated rings. The number of rotatable bonds is 10. The van der Waals surface area contributed by atoms with Crippen molar-refractivity contribution in [1.82, 2.24) is 15.5 Å². The van der Waals surface area contributed by atoms with Crippen molar-refractivity contribution in [3.8, 4) is 0 Å². The second kappa shape index (κ2) is 11.6. The standard InChI is InChI=1S/C29H32N4O3/c30-27(35)29(24-10-3-1-4-11-24,25-12-5-2-6-13-25)26-14-16-33(20-26)17-15-31-28(36)32-19-22-8-7-9-23(18-22)21-34/h1-13,18,21,26H,14-17,19-20H2,(H2,30,35)(H2,31,32,36). The van der Waals surface area contributed by atoms with Gasteiger partial charge < -0.3 is 21.3 Å².